The Balaban J connectivity index is 1.71. The quantitative estimate of drug-likeness (QED) is 0.234. The van der Waals surface area contributed by atoms with Crippen LogP contribution in [0.1, 0.15) is 69.1 Å². The van der Waals surface area contributed by atoms with Crippen LogP contribution in [-0.4, -0.2) is 35.0 Å². The largest absolute Gasteiger partial charge is 0.481 e. The molecule has 1 amide bonds. The van der Waals surface area contributed by atoms with Crippen molar-refractivity contribution in [2.75, 3.05) is 23.8 Å². The number of benzene rings is 3. The number of aliphatic carboxylic acids is 1. The smallest absolute Gasteiger partial charge is 0.307 e. The van der Waals surface area contributed by atoms with Gasteiger partial charge < -0.3 is 20.7 Å². The molecule has 7 heteroatoms. The van der Waals surface area contributed by atoms with Crippen LogP contribution in [0.25, 0.3) is 0 Å². The number of carboxylic acid groups (broad SMARTS) is 1. The lowest BCUT2D eigenvalue weighted by Gasteiger charge is -2.31. The molecule has 1 aliphatic rings. The zero-order valence-electron chi connectivity index (χ0n) is 22.9. The number of nitrogens with two attached hydrogens (primary N) is 2. The molecule has 0 radical (unpaired) electrons. The number of carbonyl (C=O) groups is 2. The maximum Gasteiger partial charge on any atom is 0.307 e. The van der Waals surface area contributed by atoms with Crippen molar-refractivity contribution in [2.45, 2.75) is 53.5 Å². The molecule has 7 nitrogen and oxygen atoms in total. The van der Waals surface area contributed by atoms with Crippen molar-refractivity contribution >= 4 is 23.3 Å². The Kier molecular flexibility index (Phi) is 7.78. The molecule has 1 aliphatic heterocycles. The van der Waals surface area contributed by atoms with Crippen LogP contribution >= 0.6 is 0 Å². The Morgan fingerprint density at radius 1 is 1.03 bits per heavy atom. The zero-order valence-corrected chi connectivity index (χ0v) is 22.9. The van der Waals surface area contributed by atoms with E-state index in [4.69, 9.17) is 11.6 Å². The molecule has 4 rings (SSSR count). The Hall–Kier alpha value is -3.84. The predicted octanol–water partition coefficient (Wildman–Crippen LogP) is 4.95. The molecule has 0 spiro atoms. The van der Waals surface area contributed by atoms with Gasteiger partial charge in [0.2, 0.25) is 0 Å². The van der Waals surface area contributed by atoms with Gasteiger partial charge in [-0.15, -0.1) is 0 Å². The Labute approximate surface area is 225 Å². The summed E-state index contributed by atoms with van der Waals surface area (Å²) in [5, 5.41) is 11.6. The number of carbonyl (C=O) groups excluding carboxylic acids is 1. The Morgan fingerprint density at radius 2 is 1.76 bits per heavy atom. The van der Waals surface area contributed by atoms with E-state index in [1.54, 1.807) is 11.9 Å². The third-order valence-electron chi connectivity index (χ3n) is 8.05. The molecule has 0 aliphatic carbocycles. The van der Waals surface area contributed by atoms with Gasteiger partial charge in [-0.05, 0) is 91.3 Å². The number of nitrogen functional groups attached to an aromatic ring is 1. The van der Waals surface area contributed by atoms with Gasteiger partial charge in [0.25, 0.3) is 5.91 Å². The van der Waals surface area contributed by atoms with Gasteiger partial charge in [0.1, 0.15) is 0 Å². The summed E-state index contributed by atoms with van der Waals surface area (Å²) in [4.78, 5) is 27.4. The summed E-state index contributed by atoms with van der Waals surface area (Å²) in [7, 11) is 0. The maximum atomic E-state index is 13.3. The highest BCUT2D eigenvalue weighted by atomic mass is 16.4. The molecule has 0 aromatic heterocycles. The van der Waals surface area contributed by atoms with Gasteiger partial charge in [-0.2, -0.15) is 0 Å². The van der Waals surface area contributed by atoms with E-state index in [-0.39, 0.29) is 5.91 Å². The van der Waals surface area contributed by atoms with Crippen LogP contribution in [0, 0.1) is 26.7 Å². The summed E-state index contributed by atoms with van der Waals surface area (Å²) in [6, 6.07) is 15.8. The summed E-state index contributed by atoms with van der Waals surface area (Å²) in [5.74, 6) is 4.15. The molecule has 0 bridgehead atoms. The summed E-state index contributed by atoms with van der Waals surface area (Å²) in [5.41, 5.74) is 15.5. The van der Waals surface area contributed by atoms with Crippen molar-refractivity contribution in [3.8, 4) is 0 Å². The van der Waals surface area contributed by atoms with E-state index in [9.17, 15) is 14.7 Å². The monoisotopic (exact) mass is 514 g/mol. The maximum absolute atomic E-state index is 13.3. The van der Waals surface area contributed by atoms with Crippen LogP contribution in [0.2, 0.25) is 0 Å². The van der Waals surface area contributed by atoms with Gasteiger partial charge in [-0.1, -0.05) is 37.3 Å². The van der Waals surface area contributed by atoms with Crippen LogP contribution in [-0.2, 0) is 17.8 Å². The van der Waals surface area contributed by atoms with Gasteiger partial charge in [-0.3, -0.25) is 9.59 Å². The third-order valence-corrected chi connectivity index (χ3v) is 8.05. The molecule has 3 aromatic carbocycles. The molecule has 200 valence electrons. The molecular weight excluding hydrogens is 476 g/mol. The fourth-order valence-electron chi connectivity index (χ4n) is 5.37. The van der Waals surface area contributed by atoms with Gasteiger partial charge in [-0.25, -0.2) is 5.84 Å². The van der Waals surface area contributed by atoms with Crippen molar-refractivity contribution in [1.29, 1.82) is 0 Å². The number of hydrazine groups is 1. The molecule has 5 N–H and O–H groups in total. The van der Waals surface area contributed by atoms with E-state index in [2.05, 4.69) is 12.1 Å². The number of nitrogens with zero attached hydrogens (tertiary/aromatic N) is 2. The number of carboxylic acids is 1. The molecule has 1 heterocycles. The lowest BCUT2D eigenvalue weighted by molar-refractivity contribution is -0.141. The molecule has 0 saturated heterocycles. The molecule has 3 aromatic rings. The summed E-state index contributed by atoms with van der Waals surface area (Å²) >= 11 is 0. The number of amides is 1. The van der Waals surface area contributed by atoms with Crippen LogP contribution in [0.4, 0.5) is 11.4 Å². The average Bonchev–Trinajstić information content (AvgIpc) is 2.91. The molecule has 2 atom stereocenters. The Bertz CT molecular complexity index is 1380. The van der Waals surface area contributed by atoms with E-state index in [1.165, 1.54) is 5.56 Å². The molecule has 0 fully saturated rings. The van der Waals surface area contributed by atoms with Crippen LogP contribution in [0.3, 0.4) is 0 Å². The van der Waals surface area contributed by atoms with Crippen molar-refractivity contribution in [3.05, 3.63) is 93.0 Å². The number of rotatable bonds is 7. The zero-order chi connectivity index (χ0) is 27.7. The molecule has 38 heavy (non-hydrogen) atoms. The highest BCUT2D eigenvalue weighted by Gasteiger charge is 2.31. The van der Waals surface area contributed by atoms with Gasteiger partial charge in [0.05, 0.1) is 17.3 Å². The van der Waals surface area contributed by atoms with Crippen molar-refractivity contribution in [2.24, 2.45) is 11.8 Å². The number of fused-ring (bicyclic) bond motifs is 1. The first-order valence-electron chi connectivity index (χ1n) is 13.2. The van der Waals surface area contributed by atoms with E-state index in [0.29, 0.717) is 30.9 Å². The molecule has 1 unspecified atom stereocenters. The first-order chi connectivity index (χ1) is 18.0. The van der Waals surface area contributed by atoms with Crippen LogP contribution < -0.4 is 16.6 Å². The summed E-state index contributed by atoms with van der Waals surface area (Å²) in [6.45, 7) is 11.4. The van der Waals surface area contributed by atoms with Crippen molar-refractivity contribution in [3.63, 3.8) is 0 Å². The lowest BCUT2D eigenvalue weighted by Crippen LogP contribution is -2.36. The normalized spacial score (nSPS) is 14.5. The number of anilines is 2. The van der Waals surface area contributed by atoms with Crippen molar-refractivity contribution in [1.82, 2.24) is 4.90 Å². The number of aryl methyl sites for hydroxylation is 2. The van der Waals surface area contributed by atoms with Gasteiger partial charge in [0, 0.05) is 31.1 Å². The molecule has 0 saturated carbocycles. The number of hydrogen-bond acceptors (Lipinski definition) is 5. The molecular formula is C31H38N4O3. The van der Waals surface area contributed by atoms with Crippen LogP contribution in [0.15, 0.2) is 48.5 Å². The van der Waals surface area contributed by atoms with Crippen molar-refractivity contribution < 1.29 is 14.7 Å². The summed E-state index contributed by atoms with van der Waals surface area (Å²) < 4.78 is 0. The Morgan fingerprint density at radius 3 is 2.42 bits per heavy atom. The lowest BCUT2D eigenvalue weighted by atomic mass is 9.78. The first kappa shape index (κ1) is 27.2. The van der Waals surface area contributed by atoms with E-state index in [1.807, 2.05) is 69.0 Å². The first-order valence-corrected chi connectivity index (χ1v) is 13.2. The fourth-order valence-corrected chi connectivity index (χ4v) is 5.37. The SMILES string of the molecule is CCN(N)c1ccc(C(c2ccc3c(c2)CN(C(=O)c2ccc(C)c(C)c2)CC3)[C@@H](C)C(=O)O)c(C)c1N. The van der Waals surface area contributed by atoms with E-state index >= 15 is 0 Å². The minimum Gasteiger partial charge on any atom is -0.481 e. The van der Waals surface area contributed by atoms with Gasteiger partial charge >= 0.3 is 5.97 Å². The standard InChI is InChI=1S/C31H38N4O3/c1-6-35(33)27-12-11-26(20(4)29(27)32)28(21(5)31(37)38)23-10-9-22-13-14-34(17-25(22)16-23)30(36)24-8-7-18(2)19(3)15-24/h7-12,15-16,21,28H,6,13-14,17,32-33H2,1-5H3,(H,37,38)/t21-,28?/m1/s1. The predicted molar refractivity (Wildman–Crippen MR) is 152 cm³/mol. The summed E-state index contributed by atoms with van der Waals surface area (Å²) in [6.07, 6.45) is 0.759. The number of hydrogen-bond donors (Lipinski definition) is 3. The average molecular weight is 515 g/mol. The second-order valence-corrected chi connectivity index (χ2v) is 10.4. The minimum absolute atomic E-state index is 0.0149. The van der Waals surface area contributed by atoms with Gasteiger partial charge in [0.15, 0.2) is 0 Å². The minimum atomic E-state index is -0.879. The second kappa shape index (κ2) is 10.9. The van der Waals surface area contributed by atoms with Crippen LogP contribution in [0.5, 0.6) is 0 Å². The topological polar surface area (TPSA) is 113 Å². The van der Waals surface area contributed by atoms with E-state index < -0.39 is 17.8 Å². The second-order valence-electron chi connectivity index (χ2n) is 10.4. The highest BCUT2D eigenvalue weighted by molar-refractivity contribution is 5.94. The fraction of sp³-hybridized carbons (Fsp3) is 0.355. The third kappa shape index (κ3) is 5.11. The highest BCUT2D eigenvalue weighted by Crippen LogP contribution is 2.39. The van der Waals surface area contributed by atoms with E-state index in [0.717, 1.165) is 45.5 Å².